The first-order valence-corrected chi connectivity index (χ1v) is 9.45. The lowest BCUT2D eigenvalue weighted by molar-refractivity contribution is -0.148. The molecule has 1 fully saturated rings. The molecule has 1 aliphatic carbocycles. The van der Waals surface area contributed by atoms with E-state index >= 15 is 0 Å². The van der Waals surface area contributed by atoms with Crippen LogP contribution in [0, 0.1) is 18.8 Å². The Morgan fingerprint density at radius 3 is 2.83 bits per heavy atom. The van der Waals surface area contributed by atoms with Gasteiger partial charge in [0.15, 0.2) is 0 Å². The van der Waals surface area contributed by atoms with E-state index in [4.69, 9.17) is 0 Å². The minimum absolute atomic E-state index is 0.0835. The van der Waals surface area contributed by atoms with Gasteiger partial charge in [-0.15, -0.1) is 11.3 Å². The number of nitrogens with zero attached hydrogens (tertiary/aromatic N) is 2. The summed E-state index contributed by atoms with van der Waals surface area (Å²) in [4.78, 5) is 21.0. The zero-order valence-corrected chi connectivity index (χ0v) is 15.9. The summed E-state index contributed by atoms with van der Waals surface area (Å²) in [5, 5.41) is 20.9. The number of halogens is 1. The fourth-order valence-electron chi connectivity index (χ4n) is 3.38. The Balaban J connectivity index is 1.86. The molecular weight excluding hydrogens is 392 g/mol. The van der Waals surface area contributed by atoms with Crippen LogP contribution in [-0.2, 0) is 10.4 Å². The van der Waals surface area contributed by atoms with Crippen molar-refractivity contribution < 1.29 is 15.0 Å². The number of carboxylic acid groups (broad SMARTS) is 1. The van der Waals surface area contributed by atoms with Gasteiger partial charge in [-0.05, 0) is 65.7 Å². The monoisotopic (exact) mass is 410 g/mol. The summed E-state index contributed by atoms with van der Waals surface area (Å²) in [7, 11) is 0. The average molecular weight is 411 g/mol. The predicted molar refractivity (Wildman–Crippen MR) is 95.8 cm³/mol. The first-order chi connectivity index (χ1) is 11.3. The first kappa shape index (κ1) is 17.5. The minimum atomic E-state index is -1.05. The molecule has 3 rings (SSSR count). The van der Waals surface area contributed by atoms with Crippen molar-refractivity contribution in [2.24, 2.45) is 11.8 Å². The number of aliphatic carboxylic acids is 1. The Morgan fingerprint density at radius 2 is 2.21 bits per heavy atom. The second-order valence-corrected chi connectivity index (χ2v) is 8.42. The Labute approximate surface area is 152 Å². The maximum Gasteiger partial charge on any atom is 0.306 e. The molecule has 2 heterocycles. The highest BCUT2D eigenvalue weighted by Crippen LogP contribution is 2.45. The smallest absolute Gasteiger partial charge is 0.306 e. The second kappa shape index (κ2) is 6.54. The lowest BCUT2D eigenvalue weighted by atomic mass is 9.72. The van der Waals surface area contributed by atoms with Gasteiger partial charge in [-0.1, -0.05) is 6.92 Å². The summed E-state index contributed by atoms with van der Waals surface area (Å²) in [6.45, 7) is 3.89. The zero-order chi connectivity index (χ0) is 17.5. The molecule has 0 aromatic carbocycles. The summed E-state index contributed by atoms with van der Waals surface area (Å²) < 4.78 is 0.766. The van der Waals surface area contributed by atoms with Gasteiger partial charge in [0, 0.05) is 6.20 Å². The van der Waals surface area contributed by atoms with Crippen LogP contribution in [0.25, 0.3) is 10.6 Å². The number of thiazole rings is 1. The van der Waals surface area contributed by atoms with E-state index in [1.165, 1.54) is 11.3 Å². The van der Waals surface area contributed by atoms with Gasteiger partial charge in [0.25, 0.3) is 0 Å². The van der Waals surface area contributed by atoms with Crippen molar-refractivity contribution in [1.82, 2.24) is 9.97 Å². The van der Waals surface area contributed by atoms with E-state index in [2.05, 4.69) is 25.9 Å². The zero-order valence-electron chi connectivity index (χ0n) is 13.5. The van der Waals surface area contributed by atoms with Gasteiger partial charge in [0.2, 0.25) is 0 Å². The lowest BCUT2D eigenvalue weighted by Gasteiger charge is -2.37. The largest absolute Gasteiger partial charge is 0.481 e. The van der Waals surface area contributed by atoms with Crippen molar-refractivity contribution in [3.63, 3.8) is 0 Å². The van der Waals surface area contributed by atoms with E-state index in [0.717, 1.165) is 20.7 Å². The third-order valence-corrected chi connectivity index (χ3v) is 6.25. The van der Waals surface area contributed by atoms with E-state index < -0.39 is 11.6 Å². The molecule has 2 unspecified atom stereocenters. The van der Waals surface area contributed by atoms with Crippen molar-refractivity contribution >= 4 is 33.2 Å². The molecule has 24 heavy (non-hydrogen) atoms. The summed E-state index contributed by atoms with van der Waals surface area (Å²) in [6.07, 6.45) is 3.05. The first-order valence-electron chi connectivity index (χ1n) is 7.84. The van der Waals surface area contributed by atoms with Crippen LogP contribution in [0.5, 0.6) is 0 Å². The number of carboxylic acids is 1. The molecule has 5 nitrogen and oxygen atoms in total. The lowest BCUT2D eigenvalue weighted by Crippen LogP contribution is -2.38. The summed E-state index contributed by atoms with van der Waals surface area (Å²) in [5.74, 6) is -1.25. The molecule has 0 aliphatic heterocycles. The maximum atomic E-state index is 11.3. The Bertz CT molecular complexity index is 759. The van der Waals surface area contributed by atoms with Crippen LogP contribution in [0.4, 0.5) is 0 Å². The predicted octanol–water partition coefficient (Wildman–Crippen LogP) is 3.98. The van der Waals surface area contributed by atoms with Crippen LogP contribution >= 0.6 is 27.3 Å². The second-order valence-electron chi connectivity index (χ2n) is 6.58. The number of aliphatic hydroxyl groups is 1. The van der Waals surface area contributed by atoms with Gasteiger partial charge >= 0.3 is 5.97 Å². The third-order valence-electron chi connectivity index (χ3n) is 4.63. The fraction of sp³-hybridized carbons (Fsp3) is 0.471. The number of pyridine rings is 1. The quantitative estimate of drug-likeness (QED) is 0.747. The van der Waals surface area contributed by atoms with Crippen LogP contribution in [-0.4, -0.2) is 26.2 Å². The summed E-state index contributed by atoms with van der Waals surface area (Å²) in [6, 6.07) is 3.92. The SMILES string of the molecule is Cc1cc(Br)nc(-c2cnc([C@]3(O)CCC(C(=O)O)C(C)C3)s2)c1. The molecule has 0 saturated heterocycles. The highest BCUT2D eigenvalue weighted by Gasteiger charge is 2.43. The topological polar surface area (TPSA) is 83.3 Å². The van der Waals surface area contributed by atoms with Crippen LogP contribution in [0.15, 0.2) is 22.9 Å². The van der Waals surface area contributed by atoms with Gasteiger partial charge < -0.3 is 10.2 Å². The number of hydrogen-bond donors (Lipinski definition) is 2. The minimum Gasteiger partial charge on any atom is -0.481 e. The maximum absolute atomic E-state index is 11.3. The van der Waals surface area contributed by atoms with E-state index in [1.807, 2.05) is 26.0 Å². The van der Waals surface area contributed by atoms with Crippen LogP contribution < -0.4 is 0 Å². The average Bonchev–Trinajstić information content (AvgIpc) is 2.96. The van der Waals surface area contributed by atoms with E-state index in [1.54, 1.807) is 6.20 Å². The molecule has 2 aromatic rings. The Hall–Kier alpha value is -1.31. The molecule has 0 radical (unpaired) electrons. The normalized spacial score (nSPS) is 27.2. The number of hydrogen-bond acceptors (Lipinski definition) is 5. The van der Waals surface area contributed by atoms with E-state index in [9.17, 15) is 15.0 Å². The van der Waals surface area contributed by atoms with Crippen molar-refractivity contribution in [2.75, 3.05) is 0 Å². The van der Waals surface area contributed by atoms with Gasteiger partial charge in [0.05, 0.1) is 16.5 Å². The number of carbonyl (C=O) groups is 1. The molecular formula is C17H19BrN2O3S. The van der Waals surface area contributed by atoms with Crippen LogP contribution in [0.1, 0.15) is 36.8 Å². The van der Waals surface area contributed by atoms with Crippen LogP contribution in [0.2, 0.25) is 0 Å². The number of aryl methyl sites for hydroxylation is 1. The molecule has 0 spiro atoms. The van der Waals surface area contributed by atoms with Crippen molar-refractivity contribution in [3.05, 3.63) is 33.5 Å². The van der Waals surface area contributed by atoms with Gasteiger partial charge in [-0.3, -0.25) is 4.79 Å². The number of rotatable bonds is 3. The molecule has 2 N–H and O–H groups in total. The highest BCUT2D eigenvalue weighted by atomic mass is 79.9. The third kappa shape index (κ3) is 3.38. The van der Waals surface area contributed by atoms with Crippen LogP contribution in [0.3, 0.4) is 0 Å². The summed E-state index contributed by atoms with van der Waals surface area (Å²) in [5.41, 5.74) is 0.868. The molecule has 0 bridgehead atoms. The van der Waals surface area contributed by atoms with Crippen molar-refractivity contribution in [2.45, 2.75) is 38.7 Å². The highest BCUT2D eigenvalue weighted by molar-refractivity contribution is 9.10. The van der Waals surface area contributed by atoms with Crippen molar-refractivity contribution in [3.8, 4) is 10.6 Å². The van der Waals surface area contributed by atoms with Gasteiger partial charge in [-0.25, -0.2) is 9.97 Å². The molecule has 1 aliphatic rings. The fourth-order valence-corrected chi connectivity index (χ4v) is 4.93. The molecule has 2 aromatic heterocycles. The van der Waals surface area contributed by atoms with Gasteiger partial charge in [-0.2, -0.15) is 0 Å². The molecule has 7 heteroatoms. The molecule has 3 atom stereocenters. The van der Waals surface area contributed by atoms with Gasteiger partial charge in [0.1, 0.15) is 15.2 Å². The molecule has 1 saturated carbocycles. The number of aromatic nitrogens is 2. The van der Waals surface area contributed by atoms with E-state index in [-0.39, 0.29) is 11.8 Å². The Kier molecular flexibility index (Phi) is 4.77. The van der Waals surface area contributed by atoms with Crippen molar-refractivity contribution in [1.29, 1.82) is 0 Å². The van der Waals surface area contributed by atoms with E-state index in [0.29, 0.717) is 24.3 Å². The molecule has 0 amide bonds. The standard InChI is InChI=1S/C17H19BrN2O3S/c1-9-5-12(20-14(18)6-9)13-8-19-16(24-13)17(23)4-3-11(15(21)22)10(2)7-17/h5-6,8,10-11,23H,3-4,7H2,1-2H3,(H,21,22)/t10?,11?,17-/m0/s1. The Morgan fingerprint density at radius 1 is 1.46 bits per heavy atom. The molecule has 128 valence electrons. The summed E-state index contributed by atoms with van der Waals surface area (Å²) >= 11 is 4.83.